The largest absolute Gasteiger partial charge is 0.493 e. The minimum atomic E-state index is -4.65. The molecule has 11 nitrogen and oxygen atoms in total. The van der Waals surface area contributed by atoms with Crippen LogP contribution < -0.4 is 25.4 Å². The van der Waals surface area contributed by atoms with Crippen molar-refractivity contribution in [2.45, 2.75) is 6.18 Å². The molecule has 3 N–H and O–H groups in total. The second kappa shape index (κ2) is 13.5. The van der Waals surface area contributed by atoms with Gasteiger partial charge in [-0.25, -0.2) is 19.7 Å². The Bertz CT molecular complexity index is 1890. The van der Waals surface area contributed by atoms with Crippen LogP contribution in [0.2, 0.25) is 5.02 Å². The van der Waals surface area contributed by atoms with Gasteiger partial charge in [-0.2, -0.15) is 13.2 Å². The number of fused-ring (bicyclic) bond motifs is 2. The fourth-order valence-corrected chi connectivity index (χ4v) is 5.95. The summed E-state index contributed by atoms with van der Waals surface area (Å²) in [6, 6.07) is 11.1. The Kier molecular flexibility index (Phi) is 9.26. The number of rotatable bonds is 9. The maximum absolute atomic E-state index is 13.2. The summed E-state index contributed by atoms with van der Waals surface area (Å²) in [5.41, 5.74) is 0.643. The van der Waals surface area contributed by atoms with Crippen molar-refractivity contribution >= 4 is 72.4 Å². The van der Waals surface area contributed by atoms with E-state index >= 15 is 0 Å². The molecule has 0 unspecified atom stereocenters. The van der Waals surface area contributed by atoms with E-state index in [4.69, 9.17) is 25.8 Å². The highest BCUT2D eigenvalue weighted by Crippen LogP contribution is 2.38. The molecule has 5 aromatic rings. The van der Waals surface area contributed by atoms with Crippen LogP contribution in [0.25, 0.3) is 21.1 Å². The first-order valence-corrected chi connectivity index (χ1v) is 15.2. The van der Waals surface area contributed by atoms with Crippen molar-refractivity contribution in [3.05, 3.63) is 65.4 Å². The number of methoxy groups -OCH3 is 1. The molecule has 240 valence electrons. The minimum Gasteiger partial charge on any atom is -0.493 e. The Labute approximate surface area is 269 Å². The fraction of sp³-hybridized carbons (Fsp3) is 0.267. The molecule has 1 fully saturated rings. The molecule has 1 aliphatic rings. The fourth-order valence-electron chi connectivity index (χ4n) is 4.82. The second-order valence-corrected chi connectivity index (χ2v) is 11.6. The third-order valence-corrected chi connectivity index (χ3v) is 8.35. The van der Waals surface area contributed by atoms with Crippen molar-refractivity contribution in [2.24, 2.45) is 0 Å². The molecular weight excluding hydrogens is 647 g/mol. The molecule has 2 amide bonds. The zero-order chi connectivity index (χ0) is 32.3. The molecule has 0 radical (unpaired) electrons. The highest BCUT2D eigenvalue weighted by atomic mass is 35.5. The van der Waals surface area contributed by atoms with Crippen molar-refractivity contribution in [1.29, 1.82) is 0 Å². The summed E-state index contributed by atoms with van der Waals surface area (Å²) in [4.78, 5) is 28.3. The number of amides is 2. The molecule has 46 heavy (non-hydrogen) atoms. The first kappa shape index (κ1) is 31.5. The molecule has 0 atom stereocenters. The molecule has 2 aromatic heterocycles. The number of halogens is 4. The van der Waals surface area contributed by atoms with Gasteiger partial charge in [0.05, 0.1) is 46.6 Å². The lowest BCUT2D eigenvalue weighted by Gasteiger charge is -2.26. The Morgan fingerprint density at radius 3 is 2.54 bits per heavy atom. The molecule has 3 aromatic carbocycles. The van der Waals surface area contributed by atoms with Crippen LogP contribution in [0.4, 0.5) is 40.3 Å². The van der Waals surface area contributed by atoms with E-state index in [1.165, 1.54) is 23.7 Å². The predicted molar refractivity (Wildman–Crippen MR) is 171 cm³/mol. The molecule has 3 heterocycles. The maximum Gasteiger partial charge on any atom is 0.417 e. The van der Waals surface area contributed by atoms with Crippen molar-refractivity contribution in [3.8, 4) is 11.5 Å². The second-order valence-electron chi connectivity index (χ2n) is 10.1. The van der Waals surface area contributed by atoms with Gasteiger partial charge in [-0.3, -0.25) is 4.90 Å². The van der Waals surface area contributed by atoms with E-state index in [1.54, 1.807) is 25.3 Å². The predicted octanol–water partition coefficient (Wildman–Crippen LogP) is 7.02. The van der Waals surface area contributed by atoms with Crippen LogP contribution in [0.15, 0.2) is 54.9 Å². The molecule has 6 rings (SSSR count). The van der Waals surface area contributed by atoms with Gasteiger partial charge in [0.2, 0.25) is 0 Å². The van der Waals surface area contributed by atoms with Gasteiger partial charge in [0.25, 0.3) is 0 Å². The van der Waals surface area contributed by atoms with Gasteiger partial charge in [-0.15, -0.1) is 0 Å². The monoisotopic (exact) mass is 673 g/mol. The first-order chi connectivity index (χ1) is 22.2. The van der Waals surface area contributed by atoms with Gasteiger partial charge >= 0.3 is 12.2 Å². The van der Waals surface area contributed by atoms with Crippen LogP contribution in [0.1, 0.15) is 5.56 Å². The van der Waals surface area contributed by atoms with E-state index in [0.717, 1.165) is 49.7 Å². The standard InChI is InChI=1S/C30H27ClF3N7O4S/c1-43-24-14-19-23(15-25(24)45-11-8-41-6-9-44-10-7-41)35-16-36-27(19)40-29-39-22-5-3-18(13-26(22)46-29)38-28(42)37-17-2-4-21(31)20(12-17)30(32,33)34/h2-5,12-16H,6-11H2,1H3,(H2,37,38,42)(H,35,36,39,40). The Hall–Kier alpha value is -4.44. The van der Waals surface area contributed by atoms with E-state index in [9.17, 15) is 18.0 Å². The smallest absolute Gasteiger partial charge is 0.417 e. The average molecular weight is 674 g/mol. The minimum absolute atomic E-state index is 0.0556. The van der Waals surface area contributed by atoms with Gasteiger partial charge in [-0.1, -0.05) is 22.9 Å². The number of nitrogens with one attached hydrogen (secondary N) is 3. The number of morpholine rings is 1. The van der Waals surface area contributed by atoms with Crippen molar-refractivity contribution in [3.63, 3.8) is 0 Å². The number of alkyl halides is 3. The summed E-state index contributed by atoms with van der Waals surface area (Å²) >= 11 is 6.99. The zero-order valence-corrected chi connectivity index (χ0v) is 25.9. The molecule has 1 saturated heterocycles. The van der Waals surface area contributed by atoms with Gasteiger partial charge in [0.15, 0.2) is 16.6 Å². The number of urea groups is 1. The molecule has 16 heteroatoms. The van der Waals surface area contributed by atoms with E-state index < -0.39 is 22.8 Å². The average Bonchev–Trinajstić information content (AvgIpc) is 3.43. The van der Waals surface area contributed by atoms with Gasteiger partial charge in [-0.05, 0) is 42.5 Å². The summed E-state index contributed by atoms with van der Waals surface area (Å²) in [5, 5.41) is 9.07. The summed E-state index contributed by atoms with van der Waals surface area (Å²) in [5.74, 6) is 1.63. The number of benzene rings is 3. The summed E-state index contributed by atoms with van der Waals surface area (Å²) in [6.45, 7) is 4.45. The topological polar surface area (TPSA) is 123 Å². The number of hydrogen-bond acceptors (Lipinski definition) is 10. The van der Waals surface area contributed by atoms with Crippen LogP contribution in [0.3, 0.4) is 0 Å². The van der Waals surface area contributed by atoms with Crippen molar-refractivity contribution < 1.29 is 32.2 Å². The number of carbonyl (C=O) groups is 1. The van der Waals surface area contributed by atoms with Crippen molar-refractivity contribution in [1.82, 2.24) is 19.9 Å². The number of carbonyl (C=O) groups excluding carboxylic acids is 1. The highest BCUT2D eigenvalue weighted by Gasteiger charge is 2.33. The highest BCUT2D eigenvalue weighted by molar-refractivity contribution is 7.22. The van der Waals surface area contributed by atoms with Crippen LogP contribution in [-0.4, -0.2) is 72.4 Å². The van der Waals surface area contributed by atoms with E-state index in [1.807, 2.05) is 12.1 Å². The van der Waals surface area contributed by atoms with Crippen LogP contribution in [0, 0.1) is 0 Å². The number of thiazole rings is 1. The normalized spacial score (nSPS) is 13.9. The molecule has 0 aliphatic carbocycles. The third kappa shape index (κ3) is 7.33. The van der Waals surface area contributed by atoms with Crippen LogP contribution >= 0.6 is 22.9 Å². The lowest BCUT2D eigenvalue weighted by atomic mass is 10.2. The molecule has 1 aliphatic heterocycles. The Balaban J connectivity index is 1.14. The molecule has 0 bridgehead atoms. The van der Waals surface area contributed by atoms with Gasteiger partial charge in [0.1, 0.15) is 18.8 Å². The summed E-state index contributed by atoms with van der Waals surface area (Å²) in [7, 11) is 1.57. The summed E-state index contributed by atoms with van der Waals surface area (Å²) in [6.07, 6.45) is -3.21. The summed E-state index contributed by atoms with van der Waals surface area (Å²) < 4.78 is 57.3. The zero-order valence-electron chi connectivity index (χ0n) is 24.3. The number of aromatic nitrogens is 3. The molecule has 0 spiro atoms. The van der Waals surface area contributed by atoms with E-state index in [-0.39, 0.29) is 5.69 Å². The van der Waals surface area contributed by atoms with E-state index in [0.29, 0.717) is 51.2 Å². The number of ether oxygens (including phenoxy) is 3. The number of nitrogens with zero attached hydrogens (tertiary/aromatic N) is 4. The quantitative estimate of drug-likeness (QED) is 0.152. The molecular formula is C30H27ClF3N7O4S. The maximum atomic E-state index is 13.2. The molecule has 0 saturated carbocycles. The van der Waals surface area contributed by atoms with Crippen LogP contribution in [-0.2, 0) is 10.9 Å². The first-order valence-electron chi connectivity index (χ1n) is 14.0. The van der Waals surface area contributed by atoms with Crippen LogP contribution in [0.5, 0.6) is 11.5 Å². The number of anilines is 4. The lowest BCUT2D eigenvalue weighted by molar-refractivity contribution is -0.137. The van der Waals surface area contributed by atoms with Gasteiger partial charge < -0.3 is 30.2 Å². The Morgan fingerprint density at radius 2 is 1.78 bits per heavy atom. The third-order valence-electron chi connectivity index (χ3n) is 7.09. The van der Waals surface area contributed by atoms with Crippen molar-refractivity contribution in [2.75, 3.05) is 62.5 Å². The van der Waals surface area contributed by atoms with Gasteiger partial charge in [0, 0.05) is 42.5 Å². The van der Waals surface area contributed by atoms with E-state index in [2.05, 4.69) is 35.8 Å². The number of hydrogen-bond donors (Lipinski definition) is 3. The SMILES string of the molecule is COc1cc2c(Nc3nc4ccc(NC(=O)Nc5ccc(Cl)c(C(F)(F)F)c5)cc4s3)ncnc2cc1OCCN1CCOCC1. The lowest BCUT2D eigenvalue weighted by Crippen LogP contribution is -2.38. The Morgan fingerprint density at radius 1 is 1.02 bits per heavy atom.